The van der Waals surface area contributed by atoms with Crippen LogP contribution < -0.4 is 15.8 Å². The van der Waals surface area contributed by atoms with Crippen LogP contribution in [0.4, 0.5) is 27.6 Å². The van der Waals surface area contributed by atoms with Crippen molar-refractivity contribution in [1.82, 2.24) is 0 Å². The molecule has 0 atom stereocenters. The van der Waals surface area contributed by atoms with E-state index in [4.69, 9.17) is 11.5 Å². The van der Waals surface area contributed by atoms with Crippen molar-refractivity contribution < 1.29 is 22.0 Å². The second kappa shape index (κ2) is 7.49. The Kier molecular flexibility index (Phi) is 5.67. The molecule has 1 nitrogen and oxygen atoms in total. The van der Waals surface area contributed by atoms with Gasteiger partial charge < -0.3 is 16.4 Å². The minimum absolute atomic E-state index is 0.287. The molecule has 1 aliphatic rings. The summed E-state index contributed by atoms with van der Waals surface area (Å²) in [5, 5.41) is 0. The summed E-state index contributed by atoms with van der Waals surface area (Å²) in [5.74, 6) is -10.0. The number of anilines is 1. The summed E-state index contributed by atoms with van der Waals surface area (Å²) >= 11 is 6.39. The standard InChI is InChI=1S/C21H22BClF5N/c1-20(2)10-7-11-21(3,4)29(20)13-9-6-5-8-12(13)22(23)14-15(24)17(26)19(28)18(27)16(14)25/h5-6,8-9H,7,10-11H2,1-4H3/q-1. The summed E-state index contributed by atoms with van der Waals surface area (Å²) in [6.07, 6.45) is 1.24. The Bertz CT molecular complexity index is 902. The summed E-state index contributed by atoms with van der Waals surface area (Å²) in [7, 11) is 0. The number of nitrogens with zero attached hydrogens (tertiary/aromatic N) is 1. The molecule has 0 bridgehead atoms. The number of hydrogen-bond acceptors (Lipinski definition) is 1. The third kappa shape index (κ3) is 3.62. The van der Waals surface area contributed by atoms with Crippen molar-refractivity contribution in [3.05, 3.63) is 53.4 Å². The zero-order chi connectivity index (χ0) is 21.7. The molecule has 29 heavy (non-hydrogen) atoms. The lowest BCUT2D eigenvalue weighted by Crippen LogP contribution is -2.61. The monoisotopic (exact) mass is 429 g/mol. The maximum atomic E-state index is 14.4. The van der Waals surface area contributed by atoms with Gasteiger partial charge in [-0.1, -0.05) is 18.2 Å². The molecular formula is C21H22BClF5N-. The molecule has 157 valence electrons. The smallest absolute Gasteiger partial charge is 0.200 e. The number of rotatable bonds is 3. The highest BCUT2D eigenvalue weighted by atomic mass is 35.5. The molecule has 3 rings (SSSR count). The highest BCUT2D eigenvalue weighted by Crippen LogP contribution is 2.41. The Morgan fingerprint density at radius 2 is 1.24 bits per heavy atom. The second-order valence-corrected chi connectivity index (χ2v) is 9.16. The van der Waals surface area contributed by atoms with Gasteiger partial charge in [0.15, 0.2) is 17.5 Å². The fourth-order valence-electron chi connectivity index (χ4n) is 4.55. The molecule has 0 spiro atoms. The lowest BCUT2D eigenvalue weighted by Gasteiger charge is -2.56. The van der Waals surface area contributed by atoms with Crippen molar-refractivity contribution in [2.75, 3.05) is 4.90 Å². The van der Waals surface area contributed by atoms with E-state index < -0.39 is 40.7 Å². The van der Waals surface area contributed by atoms with E-state index in [1.54, 1.807) is 24.3 Å². The van der Waals surface area contributed by atoms with Gasteiger partial charge in [0.05, 0.1) is 0 Å². The quantitative estimate of drug-likeness (QED) is 0.278. The van der Waals surface area contributed by atoms with E-state index in [1.807, 2.05) is 0 Å². The molecule has 0 amide bonds. The van der Waals surface area contributed by atoms with Gasteiger partial charge in [-0.05, 0) is 53.0 Å². The summed E-state index contributed by atoms with van der Waals surface area (Å²) in [6, 6.07) is 6.73. The minimum atomic E-state index is -2.20. The van der Waals surface area contributed by atoms with Gasteiger partial charge in [0.25, 0.3) is 0 Å². The Labute approximate surface area is 172 Å². The van der Waals surface area contributed by atoms with Crippen molar-refractivity contribution in [3.8, 4) is 0 Å². The largest absolute Gasteiger partial charge is 0.418 e. The number of halogens is 6. The van der Waals surface area contributed by atoms with Gasteiger partial charge in [0.1, 0.15) is 11.6 Å². The zero-order valence-corrected chi connectivity index (χ0v) is 17.5. The van der Waals surface area contributed by atoms with Crippen LogP contribution >= 0.6 is 11.5 Å². The van der Waals surface area contributed by atoms with Gasteiger partial charge in [-0.15, -0.1) is 5.46 Å². The summed E-state index contributed by atoms with van der Waals surface area (Å²) in [4.78, 5) is 2.14. The van der Waals surface area contributed by atoms with Crippen molar-refractivity contribution in [2.45, 2.75) is 58.0 Å². The molecule has 8 heteroatoms. The first-order chi connectivity index (χ1) is 13.4. The van der Waals surface area contributed by atoms with E-state index >= 15 is 0 Å². The zero-order valence-electron chi connectivity index (χ0n) is 16.7. The second-order valence-electron chi connectivity index (χ2n) is 8.72. The Balaban J connectivity index is 2.21. The number of para-hydroxylation sites is 1. The SMILES string of the molecule is CC1(C)CCCC(C)(C)N1c1ccccc1[B-](Cl)c1c(F)c(F)c(F)c(F)c1F. The first-order valence-electron chi connectivity index (χ1n) is 9.45. The molecule has 0 unspecified atom stereocenters. The summed E-state index contributed by atoms with van der Waals surface area (Å²) < 4.78 is 69.8. The van der Waals surface area contributed by atoms with E-state index in [0.717, 1.165) is 19.3 Å². The molecule has 2 aromatic rings. The highest BCUT2D eigenvalue weighted by Gasteiger charge is 2.41. The number of piperidine rings is 1. The molecule has 1 heterocycles. The fraction of sp³-hybridized carbons (Fsp3) is 0.429. The third-order valence-corrected chi connectivity index (χ3v) is 6.19. The lowest BCUT2D eigenvalue weighted by atomic mass is 9.60. The lowest BCUT2D eigenvalue weighted by molar-refractivity contribution is 0.244. The van der Waals surface area contributed by atoms with E-state index in [0.29, 0.717) is 11.2 Å². The summed E-state index contributed by atoms with van der Waals surface area (Å²) in [6.45, 7) is 8.25. The normalized spacial score (nSPS) is 18.4. The number of benzene rings is 2. The van der Waals surface area contributed by atoms with Crippen molar-refractivity contribution in [2.24, 2.45) is 0 Å². The van der Waals surface area contributed by atoms with Gasteiger partial charge in [0.2, 0.25) is 0 Å². The molecule has 1 saturated heterocycles. The van der Waals surface area contributed by atoms with Gasteiger partial charge in [0, 0.05) is 22.9 Å². The van der Waals surface area contributed by atoms with Crippen molar-refractivity contribution >= 4 is 34.2 Å². The van der Waals surface area contributed by atoms with Gasteiger partial charge in [-0.2, -0.15) is 5.46 Å². The van der Waals surface area contributed by atoms with E-state index in [1.165, 1.54) is 0 Å². The Morgan fingerprint density at radius 1 is 0.793 bits per heavy atom. The minimum Gasteiger partial charge on any atom is -0.418 e. The fourth-order valence-corrected chi connectivity index (χ4v) is 4.93. The maximum Gasteiger partial charge on any atom is 0.200 e. The van der Waals surface area contributed by atoms with Gasteiger partial charge in [-0.25, -0.2) is 22.0 Å². The highest BCUT2D eigenvalue weighted by molar-refractivity contribution is 7.21. The van der Waals surface area contributed by atoms with E-state index in [9.17, 15) is 22.0 Å². The van der Waals surface area contributed by atoms with E-state index in [-0.39, 0.29) is 11.1 Å². The molecule has 1 fully saturated rings. The van der Waals surface area contributed by atoms with Gasteiger partial charge in [-0.3, -0.25) is 0 Å². The van der Waals surface area contributed by atoms with Crippen LogP contribution in [0.15, 0.2) is 24.3 Å². The maximum absolute atomic E-state index is 14.4. The van der Waals surface area contributed by atoms with E-state index in [2.05, 4.69) is 32.6 Å². The molecule has 1 radical (unpaired) electrons. The van der Waals surface area contributed by atoms with Crippen LogP contribution in [0, 0.1) is 29.1 Å². The first kappa shape index (κ1) is 21.9. The predicted molar refractivity (Wildman–Crippen MR) is 108 cm³/mol. The average molecular weight is 430 g/mol. The summed E-state index contributed by atoms with van der Waals surface area (Å²) in [5.41, 5.74) is -0.704. The molecule has 0 aliphatic carbocycles. The van der Waals surface area contributed by atoms with Crippen LogP contribution in [0.5, 0.6) is 0 Å². The third-order valence-electron chi connectivity index (χ3n) is 5.74. The van der Waals surface area contributed by atoms with Crippen LogP contribution in [0.2, 0.25) is 0 Å². The van der Waals surface area contributed by atoms with Crippen LogP contribution in [0.3, 0.4) is 0 Å². The number of hydrogen-bond donors (Lipinski definition) is 0. The first-order valence-corrected chi connectivity index (χ1v) is 9.88. The van der Waals surface area contributed by atoms with Crippen molar-refractivity contribution in [3.63, 3.8) is 0 Å². The van der Waals surface area contributed by atoms with Crippen LogP contribution in [-0.4, -0.2) is 17.2 Å². The predicted octanol–water partition coefficient (Wildman–Crippen LogP) is 5.27. The molecule has 0 saturated carbocycles. The Morgan fingerprint density at radius 3 is 1.76 bits per heavy atom. The van der Waals surface area contributed by atoms with Gasteiger partial charge >= 0.3 is 0 Å². The molecule has 2 aromatic carbocycles. The van der Waals surface area contributed by atoms with Crippen LogP contribution in [-0.2, 0) is 0 Å². The van der Waals surface area contributed by atoms with Crippen LogP contribution in [0.1, 0.15) is 47.0 Å². The molecule has 1 aliphatic heterocycles. The van der Waals surface area contributed by atoms with Crippen molar-refractivity contribution in [1.29, 1.82) is 0 Å². The molecule has 0 aromatic heterocycles. The molecular weight excluding hydrogens is 407 g/mol. The van der Waals surface area contributed by atoms with Crippen LogP contribution in [0.25, 0.3) is 0 Å². The molecule has 0 N–H and O–H groups in total. The topological polar surface area (TPSA) is 3.24 Å². The average Bonchev–Trinajstić information content (AvgIpc) is 2.64. The Hall–Kier alpha value is -1.76.